The van der Waals surface area contributed by atoms with E-state index in [1.807, 2.05) is 30.3 Å². The van der Waals surface area contributed by atoms with Gasteiger partial charge in [-0.15, -0.1) is 11.3 Å². The lowest BCUT2D eigenvalue weighted by molar-refractivity contribution is 0.0607. The zero-order valence-electron chi connectivity index (χ0n) is 16.2. The van der Waals surface area contributed by atoms with Crippen LogP contribution in [0.3, 0.4) is 0 Å². The minimum atomic E-state index is -0.535. The highest BCUT2D eigenvalue weighted by atomic mass is 32.1. The first kappa shape index (κ1) is 19.6. The number of nitrogens with one attached hydrogen (secondary N) is 1. The summed E-state index contributed by atoms with van der Waals surface area (Å²) in [6, 6.07) is 15.7. The molecular formula is C23H17NO5S. The molecule has 1 amide bonds. The van der Waals surface area contributed by atoms with E-state index in [4.69, 9.17) is 9.15 Å². The van der Waals surface area contributed by atoms with Crippen molar-refractivity contribution in [3.8, 4) is 11.3 Å². The maximum atomic E-state index is 13.0. The van der Waals surface area contributed by atoms with E-state index in [9.17, 15) is 14.4 Å². The molecule has 0 aliphatic rings. The summed E-state index contributed by atoms with van der Waals surface area (Å²) in [4.78, 5) is 38.1. The zero-order chi connectivity index (χ0) is 21.3. The highest BCUT2D eigenvalue weighted by Crippen LogP contribution is 2.29. The van der Waals surface area contributed by atoms with Crippen molar-refractivity contribution in [3.05, 3.63) is 86.2 Å². The van der Waals surface area contributed by atoms with Gasteiger partial charge in [-0.1, -0.05) is 36.4 Å². The van der Waals surface area contributed by atoms with E-state index in [1.54, 1.807) is 36.6 Å². The molecule has 0 saturated heterocycles. The number of ether oxygens (including phenoxy) is 1. The van der Waals surface area contributed by atoms with Gasteiger partial charge >= 0.3 is 5.97 Å². The topological polar surface area (TPSA) is 85.6 Å². The Morgan fingerprint density at radius 3 is 2.53 bits per heavy atom. The number of para-hydroxylation sites is 1. The van der Waals surface area contributed by atoms with E-state index in [-0.39, 0.29) is 21.5 Å². The van der Waals surface area contributed by atoms with Crippen LogP contribution in [-0.4, -0.2) is 19.0 Å². The van der Waals surface area contributed by atoms with E-state index in [2.05, 4.69) is 5.32 Å². The molecule has 0 unspecified atom stereocenters. The van der Waals surface area contributed by atoms with E-state index in [0.717, 1.165) is 16.9 Å². The molecule has 2 aromatic heterocycles. The smallest absolute Gasteiger partial charge is 0.350 e. The van der Waals surface area contributed by atoms with E-state index in [1.165, 1.54) is 7.11 Å². The summed E-state index contributed by atoms with van der Waals surface area (Å²) in [6.07, 6.45) is 0. The van der Waals surface area contributed by atoms with Gasteiger partial charge in [0.15, 0.2) is 11.0 Å². The van der Waals surface area contributed by atoms with Crippen LogP contribution in [0.2, 0.25) is 0 Å². The van der Waals surface area contributed by atoms with Gasteiger partial charge in [0.25, 0.3) is 5.91 Å². The molecule has 4 aromatic rings. The van der Waals surface area contributed by atoms with Crippen LogP contribution in [0.25, 0.3) is 22.3 Å². The Morgan fingerprint density at radius 1 is 1.03 bits per heavy atom. The van der Waals surface area contributed by atoms with Gasteiger partial charge in [0.05, 0.1) is 23.7 Å². The summed E-state index contributed by atoms with van der Waals surface area (Å²) in [6.45, 7) is 1.70. The fourth-order valence-corrected chi connectivity index (χ4v) is 3.97. The standard InChI is InChI=1S/C23H17NO5S/c1-13-18(25)15-9-6-10-16(20(15)29-19(13)14-7-4-3-5-8-14)22(26)24-17-11-12-30-21(17)23(27)28-2/h3-12H,1-2H3,(H,24,26). The number of thiophene rings is 1. The van der Waals surface area contributed by atoms with E-state index in [0.29, 0.717) is 22.4 Å². The Morgan fingerprint density at radius 2 is 1.80 bits per heavy atom. The van der Waals surface area contributed by atoms with Crippen molar-refractivity contribution in [1.82, 2.24) is 0 Å². The van der Waals surface area contributed by atoms with Crippen LogP contribution in [-0.2, 0) is 4.74 Å². The van der Waals surface area contributed by atoms with Crippen LogP contribution in [0, 0.1) is 6.92 Å². The molecule has 2 heterocycles. The lowest BCUT2D eigenvalue weighted by Crippen LogP contribution is -2.16. The highest BCUT2D eigenvalue weighted by molar-refractivity contribution is 7.12. The van der Waals surface area contributed by atoms with E-state index < -0.39 is 11.9 Å². The number of methoxy groups -OCH3 is 1. The maximum absolute atomic E-state index is 13.0. The summed E-state index contributed by atoms with van der Waals surface area (Å²) in [5.41, 5.74) is 1.75. The van der Waals surface area contributed by atoms with Gasteiger partial charge in [0, 0.05) is 11.1 Å². The number of benzene rings is 2. The predicted molar refractivity (Wildman–Crippen MR) is 116 cm³/mol. The normalized spacial score (nSPS) is 10.7. The first-order valence-electron chi connectivity index (χ1n) is 9.10. The van der Waals surface area contributed by atoms with Crippen LogP contribution in [0.15, 0.2) is 69.2 Å². The number of hydrogen-bond acceptors (Lipinski definition) is 6. The Hall–Kier alpha value is -3.71. The van der Waals surface area contributed by atoms with Crippen LogP contribution in [0.5, 0.6) is 0 Å². The van der Waals surface area contributed by atoms with Gasteiger partial charge in [-0.05, 0) is 30.5 Å². The molecular weight excluding hydrogens is 402 g/mol. The molecule has 0 fully saturated rings. The molecule has 7 heteroatoms. The number of fused-ring (bicyclic) bond motifs is 1. The van der Waals surface area contributed by atoms with Crippen molar-refractivity contribution in [2.45, 2.75) is 6.92 Å². The quantitative estimate of drug-likeness (QED) is 0.477. The molecule has 0 spiro atoms. The van der Waals surface area contributed by atoms with Gasteiger partial charge in [-0.2, -0.15) is 0 Å². The second kappa shape index (κ2) is 7.96. The number of rotatable bonds is 4. The SMILES string of the molecule is COC(=O)c1sccc1NC(=O)c1cccc2c(=O)c(C)c(-c3ccccc3)oc12. The Bertz CT molecular complexity index is 1320. The number of esters is 1. The summed E-state index contributed by atoms with van der Waals surface area (Å²) in [5, 5.41) is 4.72. The number of hydrogen-bond donors (Lipinski definition) is 1. The van der Waals surface area contributed by atoms with Crippen LogP contribution in [0.1, 0.15) is 25.6 Å². The molecule has 1 N–H and O–H groups in total. The Balaban J connectivity index is 1.83. The molecule has 0 radical (unpaired) electrons. The number of anilines is 1. The van der Waals surface area contributed by atoms with Crippen molar-refractivity contribution in [2.75, 3.05) is 12.4 Å². The van der Waals surface area contributed by atoms with E-state index >= 15 is 0 Å². The second-order valence-electron chi connectivity index (χ2n) is 6.54. The predicted octanol–water partition coefficient (Wildman–Crippen LogP) is 4.87. The summed E-state index contributed by atoms with van der Waals surface area (Å²) in [5.74, 6) is -0.610. The second-order valence-corrected chi connectivity index (χ2v) is 7.46. The highest BCUT2D eigenvalue weighted by Gasteiger charge is 2.21. The number of carbonyl (C=O) groups excluding carboxylic acids is 2. The minimum absolute atomic E-state index is 0.194. The largest absolute Gasteiger partial charge is 0.465 e. The van der Waals surface area contributed by atoms with Gasteiger partial charge < -0.3 is 14.5 Å². The van der Waals surface area contributed by atoms with Gasteiger partial charge in [0.2, 0.25) is 0 Å². The van der Waals surface area contributed by atoms with Gasteiger partial charge in [-0.3, -0.25) is 9.59 Å². The summed E-state index contributed by atoms with van der Waals surface area (Å²) < 4.78 is 10.8. The third-order valence-corrected chi connectivity index (χ3v) is 5.60. The lowest BCUT2D eigenvalue weighted by Gasteiger charge is -2.11. The molecule has 30 heavy (non-hydrogen) atoms. The number of amides is 1. The molecule has 150 valence electrons. The molecule has 2 aromatic carbocycles. The molecule has 4 rings (SSSR count). The van der Waals surface area contributed by atoms with Crippen LogP contribution in [0.4, 0.5) is 5.69 Å². The molecule has 0 saturated carbocycles. The van der Waals surface area contributed by atoms with Crippen molar-refractivity contribution >= 4 is 39.9 Å². The summed E-state index contributed by atoms with van der Waals surface area (Å²) >= 11 is 1.16. The van der Waals surface area contributed by atoms with Crippen molar-refractivity contribution in [2.24, 2.45) is 0 Å². The van der Waals surface area contributed by atoms with Crippen molar-refractivity contribution in [1.29, 1.82) is 0 Å². The van der Waals surface area contributed by atoms with Gasteiger partial charge in [-0.25, -0.2) is 4.79 Å². The molecule has 0 aliphatic heterocycles. The third kappa shape index (κ3) is 3.40. The maximum Gasteiger partial charge on any atom is 0.350 e. The Labute approximate surface area is 175 Å². The van der Waals surface area contributed by atoms with Gasteiger partial charge in [0.1, 0.15) is 10.6 Å². The molecule has 0 bridgehead atoms. The van der Waals surface area contributed by atoms with Crippen molar-refractivity contribution < 1.29 is 18.7 Å². The first-order valence-corrected chi connectivity index (χ1v) is 9.98. The van der Waals surface area contributed by atoms with Crippen LogP contribution < -0.4 is 10.7 Å². The average Bonchev–Trinajstić information content (AvgIpc) is 3.23. The molecule has 0 atom stereocenters. The molecule has 6 nitrogen and oxygen atoms in total. The average molecular weight is 419 g/mol. The molecule has 0 aliphatic carbocycles. The monoisotopic (exact) mass is 419 g/mol. The summed E-state index contributed by atoms with van der Waals surface area (Å²) in [7, 11) is 1.28. The Kier molecular flexibility index (Phi) is 5.20. The van der Waals surface area contributed by atoms with Crippen LogP contribution >= 0.6 is 11.3 Å². The first-order chi connectivity index (χ1) is 14.5. The lowest BCUT2D eigenvalue weighted by atomic mass is 10.0. The number of carbonyl (C=O) groups is 2. The third-order valence-electron chi connectivity index (χ3n) is 4.71. The van der Waals surface area contributed by atoms with Crippen molar-refractivity contribution in [3.63, 3.8) is 0 Å². The fraction of sp³-hybridized carbons (Fsp3) is 0.0870. The zero-order valence-corrected chi connectivity index (χ0v) is 17.0. The minimum Gasteiger partial charge on any atom is -0.465 e. The fourth-order valence-electron chi connectivity index (χ4n) is 3.20.